The molecule has 0 bridgehead atoms. The lowest BCUT2D eigenvalue weighted by Gasteiger charge is -2.19. The Bertz CT molecular complexity index is 1720. The zero-order chi connectivity index (χ0) is 36.1. The summed E-state index contributed by atoms with van der Waals surface area (Å²) in [6.45, 7) is 0.160. The van der Waals surface area contributed by atoms with Crippen LogP contribution >= 0.6 is 11.6 Å². The van der Waals surface area contributed by atoms with Gasteiger partial charge in [0.05, 0.1) is 5.54 Å². The standard InChI is InChI=1S/C33H35ClF3N7O6/c1-18(19-2-3-19)16-25(45)27(47)38-15-12-24(28(48)49)40-26(46)20-4-10-23(11-5-20)39-29-41-30(43-31(42-29)50-17-33(35,36)37)44-32(13-14-32)21-6-8-22(34)9-7-21/h4-11,18-19,24H,2-3,12-17H2,1H3,(H,38,47)(H,40,46)(H,48,49)(H2,39,41,42,43,44)/t18-,24+/m1/s1. The van der Waals surface area contributed by atoms with Crippen molar-refractivity contribution in [2.75, 3.05) is 23.8 Å². The fraction of sp³-hybridized carbons (Fsp3) is 0.424. The fourth-order valence-corrected chi connectivity index (χ4v) is 5.38. The van der Waals surface area contributed by atoms with Gasteiger partial charge in [-0.3, -0.25) is 14.4 Å². The monoisotopic (exact) mass is 717 g/mol. The van der Waals surface area contributed by atoms with E-state index in [2.05, 4.69) is 36.2 Å². The average molecular weight is 718 g/mol. The third-order valence-electron chi connectivity index (χ3n) is 8.39. The zero-order valence-electron chi connectivity index (χ0n) is 26.8. The van der Waals surface area contributed by atoms with Crippen LogP contribution in [0.4, 0.5) is 30.8 Å². The van der Waals surface area contributed by atoms with Crippen LogP contribution in [0.5, 0.6) is 6.01 Å². The highest BCUT2D eigenvalue weighted by Crippen LogP contribution is 2.48. The number of benzene rings is 2. The number of carbonyl (C=O) groups is 4. The third kappa shape index (κ3) is 10.3. The van der Waals surface area contributed by atoms with Gasteiger partial charge in [0.15, 0.2) is 6.61 Å². The van der Waals surface area contributed by atoms with Crippen molar-refractivity contribution in [1.82, 2.24) is 25.6 Å². The highest BCUT2D eigenvalue weighted by molar-refractivity contribution is 6.36. The summed E-state index contributed by atoms with van der Waals surface area (Å²) in [7, 11) is 0. The lowest BCUT2D eigenvalue weighted by atomic mass is 9.99. The molecule has 50 heavy (non-hydrogen) atoms. The minimum absolute atomic E-state index is 0.0313. The van der Waals surface area contributed by atoms with Gasteiger partial charge in [-0.05, 0) is 85.9 Å². The van der Waals surface area contributed by atoms with Crippen LogP contribution in [0.15, 0.2) is 48.5 Å². The van der Waals surface area contributed by atoms with Crippen LogP contribution in [0, 0.1) is 11.8 Å². The Morgan fingerprint density at radius 3 is 2.26 bits per heavy atom. The number of hydrogen-bond donors (Lipinski definition) is 5. The van der Waals surface area contributed by atoms with Gasteiger partial charge in [0, 0.05) is 29.2 Å². The van der Waals surface area contributed by atoms with Gasteiger partial charge in [0.25, 0.3) is 11.8 Å². The van der Waals surface area contributed by atoms with Gasteiger partial charge in [0.1, 0.15) is 6.04 Å². The number of rotatable bonds is 17. The van der Waals surface area contributed by atoms with Crippen molar-refractivity contribution in [3.63, 3.8) is 0 Å². The van der Waals surface area contributed by atoms with Gasteiger partial charge in [-0.1, -0.05) is 30.7 Å². The summed E-state index contributed by atoms with van der Waals surface area (Å²) in [5.41, 5.74) is 0.783. The van der Waals surface area contributed by atoms with E-state index in [4.69, 9.17) is 16.3 Å². The van der Waals surface area contributed by atoms with Crippen molar-refractivity contribution >= 4 is 52.8 Å². The predicted octanol–water partition coefficient (Wildman–Crippen LogP) is 5.01. The van der Waals surface area contributed by atoms with Gasteiger partial charge in [-0.25, -0.2) is 4.79 Å². The molecule has 2 saturated carbocycles. The highest BCUT2D eigenvalue weighted by atomic mass is 35.5. The number of halogens is 4. The van der Waals surface area contributed by atoms with E-state index in [0.717, 1.165) is 18.4 Å². The molecule has 3 aromatic rings. The number of anilines is 3. The number of ether oxygens (including phenoxy) is 1. The Kier molecular flexibility index (Phi) is 11.1. The molecule has 5 N–H and O–H groups in total. The van der Waals surface area contributed by atoms with Gasteiger partial charge < -0.3 is 31.1 Å². The number of ketones is 1. The Morgan fingerprint density at radius 2 is 1.66 bits per heavy atom. The van der Waals surface area contributed by atoms with Crippen molar-refractivity contribution in [3.05, 3.63) is 64.7 Å². The number of aliphatic carboxylic acids is 1. The lowest BCUT2D eigenvalue weighted by Crippen LogP contribution is -2.43. The van der Waals surface area contributed by atoms with Crippen molar-refractivity contribution in [2.24, 2.45) is 11.8 Å². The number of carboxylic acids is 1. The first-order valence-electron chi connectivity index (χ1n) is 15.9. The number of nitrogens with one attached hydrogen (secondary N) is 4. The van der Waals surface area contributed by atoms with Crippen LogP contribution in [-0.2, 0) is 19.9 Å². The van der Waals surface area contributed by atoms with Gasteiger partial charge in [0.2, 0.25) is 17.7 Å². The van der Waals surface area contributed by atoms with E-state index in [1.807, 2.05) is 19.1 Å². The Morgan fingerprint density at radius 1 is 1.00 bits per heavy atom. The summed E-state index contributed by atoms with van der Waals surface area (Å²) in [5, 5.41) is 21.0. The van der Waals surface area contributed by atoms with Crippen LogP contribution in [-0.4, -0.2) is 69.0 Å². The average Bonchev–Trinajstić information content (AvgIpc) is 4.00. The zero-order valence-corrected chi connectivity index (χ0v) is 27.6. The van der Waals surface area contributed by atoms with Crippen molar-refractivity contribution in [1.29, 1.82) is 0 Å². The van der Waals surface area contributed by atoms with Crippen LogP contribution < -0.4 is 26.0 Å². The molecular formula is C33H35ClF3N7O6. The van der Waals surface area contributed by atoms with Gasteiger partial charge in [-0.2, -0.15) is 28.1 Å². The molecule has 0 unspecified atom stereocenters. The largest absolute Gasteiger partial charge is 0.480 e. The maximum Gasteiger partial charge on any atom is 0.422 e. The van der Waals surface area contributed by atoms with E-state index in [-0.39, 0.29) is 42.8 Å². The van der Waals surface area contributed by atoms with Crippen LogP contribution in [0.2, 0.25) is 5.02 Å². The summed E-state index contributed by atoms with van der Waals surface area (Å²) in [4.78, 5) is 61.2. The lowest BCUT2D eigenvalue weighted by molar-refractivity contribution is -0.154. The molecule has 13 nitrogen and oxygen atoms in total. The summed E-state index contributed by atoms with van der Waals surface area (Å²) in [6.07, 6.45) is -1.15. The summed E-state index contributed by atoms with van der Waals surface area (Å²) < 4.78 is 43.5. The summed E-state index contributed by atoms with van der Waals surface area (Å²) >= 11 is 6.01. The molecule has 1 heterocycles. The number of carbonyl (C=O) groups excluding carboxylic acids is 3. The second-order valence-corrected chi connectivity index (χ2v) is 12.9. The van der Waals surface area contributed by atoms with Crippen molar-refractivity contribution in [3.8, 4) is 6.01 Å². The minimum atomic E-state index is -4.63. The molecule has 0 radical (unpaired) electrons. The number of nitrogens with zero attached hydrogens (tertiary/aromatic N) is 3. The number of aromatic nitrogens is 3. The number of alkyl halides is 3. The smallest absolute Gasteiger partial charge is 0.422 e. The highest BCUT2D eigenvalue weighted by Gasteiger charge is 2.45. The Balaban J connectivity index is 1.20. The Labute approximate surface area is 289 Å². The van der Waals surface area contributed by atoms with E-state index < -0.39 is 53.9 Å². The van der Waals surface area contributed by atoms with Crippen molar-refractivity contribution in [2.45, 2.75) is 63.2 Å². The number of Topliss-reactive ketones (excluding diaryl/α,β-unsaturated/α-hetero) is 1. The van der Waals surface area contributed by atoms with E-state index >= 15 is 0 Å². The van der Waals surface area contributed by atoms with E-state index in [9.17, 15) is 37.5 Å². The van der Waals surface area contributed by atoms with Gasteiger partial charge in [-0.15, -0.1) is 0 Å². The molecular weight excluding hydrogens is 683 g/mol. The van der Waals surface area contributed by atoms with Crippen LogP contribution in [0.1, 0.15) is 61.4 Å². The van der Waals surface area contributed by atoms with Crippen molar-refractivity contribution < 1.29 is 42.2 Å². The second-order valence-electron chi connectivity index (χ2n) is 12.4. The molecule has 5 rings (SSSR count). The number of amides is 2. The molecule has 266 valence electrons. The number of hydrogen-bond acceptors (Lipinski definition) is 10. The van der Waals surface area contributed by atoms with Crippen LogP contribution in [0.25, 0.3) is 0 Å². The summed E-state index contributed by atoms with van der Waals surface area (Å²) in [5.74, 6) is -2.99. The maximum atomic E-state index is 12.9. The fourth-order valence-electron chi connectivity index (χ4n) is 5.25. The summed E-state index contributed by atoms with van der Waals surface area (Å²) in [6, 6.07) is 10.9. The molecule has 1 aromatic heterocycles. The normalized spacial score (nSPS) is 16.0. The third-order valence-corrected chi connectivity index (χ3v) is 8.64. The van der Waals surface area contributed by atoms with Crippen LogP contribution in [0.3, 0.4) is 0 Å². The molecule has 2 aromatic carbocycles. The molecule has 0 saturated heterocycles. The molecule has 0 spiro atoms. The molecule has 17 heteroatoms. The Hall–Kier alpha value is -4.99. The molecule has 2 atom stereocenters. The van der Waals surface area contributed by atoms with E-state index in [1.165, 1.54) is 24.3 Å². The molecule has 2 amide bonds. The van der Waals surface area contributed by atoms with E-state index in [1.54, 1.807) is 12.1 Å². The first kappa shape index (κ1) is 36.3. The molecule has 2 aliphatic carbocycles. The quantitative estimate of drug-likeness (QED) is 0.118. The first-order chi connectivity index (χ1) is 23.7. The van der Waals surface area contributed by atoms with E-state index in [0.29, 0.717) is 29.5 Å². The maximum absolute atomic E-state index is 12.9. The molecule has 2 aliphatic rings. The predicted molar refractivity (Wildman–Crippen MR) is 175 cm³/mol. The van der Waals surface area contributed by atoms with Gasteiger partial charge >= 0.3 is 18.2 Å². The second kappa shape index (κ2) is 15.3. The minimum Gasteiger partial charge on any atom is -0.480 e. The molecule has 2 fully saturated rings. The topological polar surface area (TPSA) is 185 Å². The number of carboxylic acid groups (broad SMARTS) is 1. The molecule has 0 aliphatic heterocycles. The SMILES string of the molecule is C[C@H](CC(=O)C(=O)NCC[C@H](NC(=O)c1ccc(Nc2nc(NC3(c4ccc(Cl)cc4)CC3)nc(OCC(F)(F)F)n2)cc1)C(=O)O)C1CC1. The first-order valence-corrected chi connectivity index (χ1v) is 16.3.